The Labute approximate surface area is 51.5 Å². The van der Waals surface area contributed by atoms with Gasteiger partial charge in [-0.15, -0.1) is 0 Å². The lowest BCUT2D eigenvalue weighted by molar-refractivity contribution is 0.408. The van der Waals surface area contributed by atoms with Gasteiger partial charge in [0.1, 0.15) is 12.2 Å². The fourth-order valence-corrected chi connectivity index (χ4v) is 0.863. The van der Waals surface area contributed by atoms with E-state index < -0.39 is 6.08 Å². The average Bonchev–Trinajstić information content (AvgIpc) is 2.55. The third kappa shape index (κ3) is 0.450. The number of epoxide rings is 1. The zero-order valence-electron chi connectivity index (χ0n) is 6.64. The summed E-state index contributed by atoms with van der Waals surface area (Å²) < 4.78 is 20.0. The molecule has 0 aromatic rings. The molecule has 0 N–H and O–H groups in total. The summed E-state index contributed by atoms with van der Waals surface area (Å²) in [5.74, 6) is 0. The van der Waals surface area contributed by atoms with Gasteiger partial charge in [-0.3, -0.25) is 0 Å². The van der Waals surface area contributed by atoms with Gasteiger partial charge in [-0.2, -0.15) is 0 Å². The molecule has 2 rings (SSSR count). The van der Waals surface area contributed by atoms with Crippen molar-refractivity contribution in [2.45, 2.75) is 19.1 Å². The molecule has 0 aromatic carbocycles. The van der Waals surface area contributed by atoms with E-state index in [1.807, 2.05) is 0 Å². The van der Waals surface area contributed by atoms with Crippen molar-refractivity contribution in [3.05, 3.63) is 23.8 Å². The smallest absolute Gasteiger partial charge is 0.109 e. The quantitative estimate of drug-likeness (QED) is 0.428. The van der Waals surface area contributed by atoms with Crippen LogP contribution in [-0.2, 0) is 4.74 Å². The molecule has 1 aliphatic heterocycles. The number of allylic oxidation sites excluding steroid dienone is 2. The molecule has 2 atom stereocenters. The Morgan fingerprint density at radius 1 is 2.00 bits per heavy atom. The van der Waals surface area contributed by atoms with Crippen LogP contribution < -0.4 is 0 Å². The molecule has 1 aliphatic carbocycles. The molecule has 1 fully saturated rings. The van der Waals surface area contributed by atoms with Crippen LogP contribution in [0.3, 0.4) is 0 Å². The zero-order chi connectivity index (χ0) is 7.35. The lowest BCUT2D eigenvalue weighted by atomic mass is 10.1. The zero-order valence-corrected chi connectivity index (χ0v) is 4.64. The summed E-state index contributed by atoms with van der Waals surface area (Å²) in [6.45, 7) is 1.78. The van der Waals surface area contributed by atoms with Crippen LogP contribution in [0.5, 0.6) is 0 Å². The van der Waals surface area contributed by atoms with Gasteiger partial charge in [-0.1, -0.05) is 18.2 Å². The molecular formula is C7H8O. The van der Waals surface area contributed by atoms with Crippen molar-refractivity contribution in [2.75, 3.05) is 0 Å². The van der Waals surface area contributed by atoms with Crippen LogP contribution in [0.2, 0.25) is 0 Å². The number of ether oxygens (including phenoxy) is 1. The number of hydrogen-bond donors (Lipinski definition) is 0. The van der Waals surface area contributed by atoms with Gasteiger partial charge in [0, 0.05) is 0 Å². The van der Waals surface area contributed by atoms with E-state index in [4.69, 9.17) is 7.48 Å². The highest BCUT2D eigenvalue weighted by atomic mass is 16.6. The van der Waals surface area contributed by atoms with E-state index in [-0.39, 0.29) is 6.10 Å². The van der Waals surface area contributed by atoms with E-state index in [0.29, 0.717) is 6.05 Å². The first kappa shape index (κ1) is 2.83. The predicted octanol–water partition coefficient (Wildman–Crippen LogP) is 1.27. The van der Waals surface area contributed by atoms with E-state index in [1.165, 1.54) is 0 Å². The van der Waals surface area contributed by atoms with Gasteiger partial charge >= 0.3 is 0 Å². The highest BCUT2D eigenvalue weighted by Crippen LogP contribution is 2.32. The van der Waals surface area contributed by atoms with Crippen molar-refractivity contribution < 1.29 is 7.48 Å². The second kappa shape index (κ2) is 1.23. The summed E-state index contributed by atoms with van der Waals surface area (Å²) >= 11 is 0. The molecule has 1 heterocycles. The maximum Gasteiger partial charge on any atom is 0.109 e. The Morgan fingerprint density at radius 2 is 2.88 bits per heavy atom. The molecule has 0 radical (unpaired) electrons. The lowest BCUT2D eigenvalue weighted by Gasteiger charge is -1.93. The van der Waals surface area contributed by atoms with Crippen LogP contribution >= 0.6 is 0 Å². The predicted molar refractivity (Wildman–Crippen MR) is 31.6 cm³/mol. The largest absolute Gasteiger partial charge is 0.360 e. The molecule has 0 bridgehead atoms. The SMILES string of the molecule is [2H]C1=C(C)C2([2H])OC2C=C1. The number of rotatable bonds is 0. The van der Waals surface area contributed by atoms with E-state index >= 15 is 0 Å². The van der Waals surface area contributed by atoms with Crippen molar-refractivity contribution in [1.82, 2.24) is 0 Å². The Kier molecular flexibility index (Phi) is 0.436. The van der Waals surface area contributed by atoms with Crippen molar-refractivity contribution in [2.24, 2.45) is 0 Å². The van der Waals surface area contributed by atoms with Crippen LogP contribution in [0, 0.1) is 0 Å². The van der Waals surface area contributed by atoms with E-state index in [1.54, 1.807) is 19.1 Å². The van der Waals surface area contributed by atoms with Gasteiger partial charge in [0.2, 0.25) is 0 Å². The summed E-state index contributed by atoms with van der Waals surface area (Å²) in [5, 5.41) is 0. The number of hydrogen-bond acceptors (Lipinski definition) is 1. The lowest BCUT2D eigenvalue weighted by Crippen LogP contribution is -1.94. The normalized spacial score (nSPS) is 54.9. The molecule has 1 saturated heterocycles. The third-order valence-electron chi connectivity index (χ3n) is 1.40. The Bertz CT molecular complexity index is 244. The minimum atomic E-state index is -0.869. The van der Waals surface area contributed by atoms with Crippen LogP contribution in [0.15, 0.2) is 23.8 Å². The van der Waals surface area contributed by atoms with Gasteiger partial charge in [0.05, 0.1) is 2.74 Å². The molecule has 42 valence electrons. The number of fused-ring (bicyclic) bond motifs is 1. The fraction of sp³-hybridized carbons (Fsp3) is 0.429. The molecule has 0 amide bonds. The topological polar surface area (TPSA) is 12.5 Å². The molecule has 8 heavy (non-hydrogen) atoms. The second-order valence-corrected chi connectivity index (χ2v) is 2.03. The van der Waals surface area contributed by atoms with Crippen LogP contribution in [0.4, 0.5) is 0 Å². The minimum Gasteiger partial charge on any atom is -0.360 e. The molecule has 0 spiro atoms. The van der Waals surface area contributed by atoms with Gasteiger partial charge < -0.3 is 4.74 Å². The van der Waals surface area contributed by atoms with E-state index in [9.17, 15) is 0 Å². The summed E-state index contributed by atoms with van der Waals surface area (Å²) in [5.41, 5.74) is 0.722. The fourth-order valence-electron chi connectivity index (χ4n) is 0.863. The summed E-state index contributed by atoms with van der Waals surface area (Å²) in [6, 6.07) is 0.420. The van der Waals surface area contributed by atoms with Gasteiger partial charge in [-0.25, -0.2) is 0 Å². The Morgan fingerprint density at radius 3 is 3.62 bits per heavy atom. The molecule has 0 saturated carbocycles. The van der Waals surface area contributed by atoms with Crippen molar-refractivity contribution in [3.63, 3.8) is 0 Å². The third-order valence-corrected chi connectivity index (χ3v) is 1.40. The van der Waals surface area contributed by atoms with E-state index in [2.05, 4.69) is 0 Å². The van der Waals surface area contributed by atoms with Gasteiger partial charge in [-0.05, 0) is 12.5 Å². The Balaban J connectivity index is 2.44. The first-order valence-electron chi connectivity index (χ1n) is 3.68. The van der Waals surface area contributed by atoms with Gasteiger partial charge in [0.15, 0.2) is 0 Å². The van der Waals surface area contributed by atoms with Crippen LogP contribution in [-0.4, -0.2) is 12.2 Å². The first-order valence-corrected chi connectivity index (χ1v) is 2.68. The minimum absolute atomic E-state index is 0.0819. The highest BCUT2D eigenvalue weighted by molar-refractivity contribution is 5.29. The van der Waals surface area contributed by atoms with Crippen molar-refractivity contribution >= 4 is 0 Å². The molecule has 0 aromatic heterocycles. The Hall–Kier alpha value is -0.560. The standard InChI is InChI=1S/C7H8O/c1-5-3-2-4-6-7(5)8-6/h2-4,6-7H,1H3/i3D,7D. The molecule has 2 unspecified atom stereocenters. The maximum atomic E-state index is 7.59. The van der Waals surface area contributed by atoms with Crippen LogP contribution in [0.1, 0.15) is 9.67 Å². The monoisotopic (exact) mass is 110 g/mol. The van der Waals surface area contributed by atoms with Crippen LogP contribution in [0.25, 0.3) is 0 Å². The molecule has 2 aliphatic rings. The molecule has 1 nitrogen and oxygen atoms in total. The summed E-state index contributed by atoms with van der Waals surface area (Å²) in [7, 11) is 0. The molecule has 1 heteroatoms. The first-order chi connectivity index (χ1) is 4.64. The summed E-state index contributed by atoms with van der Waals surface area (Å²) in [6.07, 6.45) is 2.51. The van der Waals surface area contributed by atoms with Crippen molar-refractivity contribution in [3.8, 4) is 0 Å². The van der Waals surface area contributed by atoms with Gasteiger partial charge in [0.25, 0.3) is 0 Å². The summed E-state index contributed by atoms with van der Waals surface area (Å²) in [4.78, 5) is 0. The maximum absolute atomic E-state index is 7.59. The average molecular weight is 110 g/mol. The highest BCUT2D eigenvalue weighted by Gasteiger charge is 2.38. The second-order valence-electron chi connectivity index (χ2n) is 2.03. The van der Waals surface area contributed by atoms with E-state index in [0.717, 1.165) is 5.57 Å². The van der Waals surface area contributed by atoms with Crippen molar-refractivity contribution in [1.29, 1.82) is 0 Å². The molecular weight excluding hydrogens is 100 g/mol.